The summed E-state index contributed by atoms with van der Waals surface area (Å²) in [4.78, 5) is 4.30. The number of nitrogens with two attached hydrogens (primary N) is 1. The van der Waals surface area contributed by atoms with Gasteiger partial charge in [-0.1, -0.05) is 12.1 Å². The van der Waals surface area contributed by atoms with E-state index >= 15 is 0 Å². The van der Waals surface area contributed by atoms with Crippen molar-refractivity contribution in [3.63, 3.8) is 0 Å². The number of nitrogens with zero attached hydrogens (tertiary/aromatic N) is 1. The first-order chi connectivity index (χ1) is 8.22. The number of ether oxygens (including phenoxy) is 1. The van der Waals surface area contributed by atoms with Gasteiger partial charge >= 0.3 is 0 Å². The summed E-state index contributed by atoms with van der Waals surface area (Å²) in [7, 11) is 1.63. The van der Waals surface area contributed by atoms with Crippen molar-refractivity contribution in [2.24, 2.45) is 5.73 Å². The van der Waals surface area contributed by atoms with Crippen LogP contribution in [-0.2, 0) is 0 Å². The molecule has 1 unspecified atom stereocenters. The van der Waals surface area contributed by atoms with Gasteiger partial charge in [-0.25, -0.2) is 0 Å². The van der Waals surface area contributed by atoms with Crippen LogP contribution in [0, 0.1) is 3.57 Å². The van der Waals surface area contributed by atoms with Crippen molar-refractivity contribution in [3.05, 3.63) is 57.4 Å². The first kappa shape index (κ1) is 12.3. The summed E-state index contributed by atoms with van der Waals surface area (Å²) < 4.78 is 6.43. The van der Waals surface area contributed by atoms with Crippen LogP contribution < -0.4 is 10.5 Å². The van der Waals surface area contributed by atoms with Crippen LogP contribution in [0.15, 0.2) is 42.6 Å². The maximum atomic E-state index is 6.22. The van der Waals surface area contributed by atoms with Crippen LogP contribution in [0.3, 0.4) is 0 Å². The third-order valence-electron chi connectivity index (χ3n) is 2.52. The van der Waals surface area contributed by atoms with Crippen LogP contribution in [-0.4, -0.2) is 12.1 Å². The van der Waals surface area contributed by atoms with Crippen molar-refractivity contribution in [2.45, 2.75) is 6.04 Å². The van der Waals surface area contributed by atoms with Crippen LogP contribution in [0.2, 0.25) is 0 Å². The Bertz CT molecular complexity index is 516. The molecule has 0 amide bonds. The van der Waals surface area contributed by atoms with Crippen LogP contribution >= 0.6 is 22.6 Å². The Morgan fingerprint density at radius 2 is 2.12 bits per heavy atom. The quantitative estimate of drug-likeness (QED) is 0.874. The molecule has 1 aromatic carbocycles. The lowest BCUT2D eigenvalue weighted by molar-refractivity contribution is 0.404. The van der Waals surface area contributed by atoms with E-state index in [1.54, 1.807) is 13.3 Å². The van der Waals surface area contributed by atoms with Gasteiger partial charge in [0.2, 0.25) is 0 Å². The number of benzene rings is 1. The molecule has 0 saturated carbocycles. The van der Waals surface area contributed by atoms with Gasteiger partial charge in [0.25, 0.3) is 0 Å². The molecule has 2 aromatic rings. The number of rotatable bonds is 3. The molecule has 2 rings (SSSR count). The number of hydrogen-bond acceptors (Lipinski definition) is 3. The molecule has 4 heteroatoms. The molecule has 0 saturated heterocycles. The molecule has 0 fully saturated rings. The Hall–Kier alpha value is -1.14. The van der Waals surface area contributed by atoms with E-state index in [9.17, 15) is 0 Å². The van der Waals surface area contributed by atoms with Gasteiger partial charge in [-0.15, -0.1) is 0 Å². The van der Waals surface area contributed by atoms with Crippen LogP contribution in [0.1, 0.15) is 17.3 Å². The predicted octanol–water partition coefficient (Wildman–Crippen LogP) is 2.74. The van der Waals surface area contributed by atoms with E-state index in [2.05, 4.69) is 33.6 Å². The monoisotopic (exact) mass is 340 g/mol. The smallest absolute Gasteiger partial charge is 0.142 e. The largest absolute Gasteiger partial charge is 0.495 e. The van der Waals surface area contributed by atoms with Gasteiger partial charge in [-0.3, -0.25) is 4.98 Å². The summed E-state index contributed by atoms with van der Waals surface area (Å²) in [5, 5.41) is 0. The summed E-state index contributed by atoms with van der Waals surface area (Å²) >= 11 is 2.27. The Morgan fingerprint density at radius 3 is 2.82 bits per heavy atom. The SMILES string of the molecule is COc1cccnc1C(N)c1cccc(I)c1. The van der Waals surface area contributed by atoms with Crippen molar-refractivity contribution < 1.29 is 4.74 Å². The van der Waals surface area contributed by atoms with Gasteiger partial charge in [0, 0.05) is 9.77 Å². The summed E-state index contributed by atoms with van der Waals surface area (Å²) in [5.41, 5.74) is 8.01. The Morgan fingerprint density at radius 1 is 1.29 bits per heavy atom. The second-order valence-corrected chi connectivity index (χ2v) is 4.87. The highest BCUT2D eigenvalue weighted by atomic mass is 127. The van der Waals surface area contributed by atoms with E-state index in [0.717, 1.165) is 20.6 Å². The standard InChI is InChI=1S/C13H13IN2O/c1-17-11-6-3-7-16-13(11)12(15)9-4-2-5-10(14)8-9/h2-8,12H,15H2,1H3. The van der Waals surface area contributed by atoms with Crippen molar-refractivity contribution in [1.29, 1.82) is 0 Å². The third kappa shape index (κ3) is 2.76. The first-order valence-corrected chi connectivity index (χ1v) is 6.30. The lowest BCUT2D eigenvalue weighted by atomic mass is 10.0. The molecule has 0 aliphatic carbocycles. The van der Waals surface area contributed by atoms with Crippen molar-refractivity contribution in [1.82, 2.24) is 4.98 Å². The lowest BCUT2D eigenvalue weighted by Crippen LogP contribution is -2.14. The molecule has 0 spiro atoms. The predicted molar refractivity (Wildman–Crippen MR) is 76.0 cm³/mol. The number of halogens is 1. The van der Waals surface area contributed by atoms with E-state index in [1.807, 2.05) is 30.3 Å². The maximum absolute atomic E-state index is 6.22. The summed E-state index contributed by atoms with van der Waals surface area (Å²) in [6.07, 6.45) is 1.73. The molecule has 3 nitrogen and oxygen atoms in total. The topological polar surface area (TPSA) is 48.1 Å². The minimum absolute atomic E-state index is 0.263. The molecule has 0 aliphatic rings. The molecular formula is C13H13IN2O. The molecule has 0 bridgehead atoms. The minimum atomic E-state index is -0.263. The highest BCUT2D eigenvalue weighted by Gasteiger charge is 2.15. The zero-order chi connectivity index (χ0) is 12.3. The average Bonchev–Trinajstić information content (AvgIpc) is 2.38. The Kier molecular flexibility index (Phi) is 3.96. The zero-order valence-electron chi connectivity index (χ0n) is 9.43. The number of hydrogen-bond donors (Lipinski definition) is 1. The molecule has 0 radical (unpaired) electrons. The fraction of sp³-hybridized carbons (Fsp3) is 0.154. The molecule has 2 N–H and O–H groups in total. The van der Waals surface area contributed by atoms with Crippen molar-refractivity contribution >= 4 is 22.6 Å². The fourth-order valence-corrected chi connectivity index (χ4v) is 2.23. The summed E-state index contributed by atoms with van der Waals surface area (Å²) in [5.74, 6) is 0.721. The van der Waals surface area contributed by atoms with Crippen LogP contribution in [0.25, 0.3) is 0 Å². The lowest BCUT2D eigenvalue weighted by Gasteiger charge is -2.14. The number of methoxy groups -OCH3 is 1. The molecule has 1 atom stereocenters. The average molecular weight is 340 g/mol. The molecule has 88 valence electrons. The maximum Gasteiger partial charge on any atom is 0.142 e. The number of aromatic nitrogens is 1. The molecule has 1 heterocycles. The second-order valence-electron chi connectivity index (χ2n) is 3.62. The van der Waals surface area contributed by atoms with Gasteiger partial charge < -0.3 is 10.5 Å². The Balaban J connectivity index is 2.40. The van der Waals surface area contributed by atoms with Gasteiger partial charge in [0.05, 0.1) is 13.2 Å². The van der Waals surface area contributed by atoms with E-state index < -0.39 is 0 Å². The fourth-order valence-electron chi connectivity index (χ4n) is 1.67. The molecular weight excluding hydrogens is 327 g/mol. The van der Waals surface area contributed by atoms with Gasteiger partial charge in [0.15, 0.2) is 0 Å². The second kappa shape index (κ2) is 5.46. The molecule has 1 aromatic heterocycles. The summed E-state index contributed by atoms with van der Waals surface area (Å²) in [6.45, 7) is 0. The van der Waals surface area contributed by atoms with Crippen LogP contribution in [0.5, 0.6) is 5.75 Å². The van der Waals surface area contributed by atoms with Crippen molar-refractivity contribution in [2.75, 3.05) is 7.11 Å². The number of pyridine rings is 1. The van der Waals surface area contributed by atoms with E-state index in [4.69, 9.17) is 10.5 Å². The van der Waals surface area contributed by atoms with Gasteiger partial charge in [-0.2, -0.15) is 0 Å². The molecule has 0 aliphatic heterocycles. The third-order valence-corrected chi connectivity index (χ3v) is 3.19. The minimum Gasteiger partial charge on any atom is -0.495 e. The van der Waals surface area contributed by atoms with E-state index in [-0.39, 0.29) is 6.04 Å². The molecule has 17 heavy (non-hydrogen) atoms. The van der Waals surface area contributed by atoms with Crippen molar-refractivity contribution in [3.8, 4) is 5.75 Å². The zero-order valence-corrected chi connectivity index (χ0v) is 11.6. The van der Waals surface area contributed by atoms with Gasteiger partial charge in [0.1, 0.15) is 11.4 Å². The van der Waals surface area contributed by atoms with Gasteiger partial charge in [-0.05, 0) is 52.4 Å². The van der Waals surface area contributed by atoms with Crippen LogP contribution in [0.4, 0.5) is 0 Å². The normalized spacial score (nSPS) is 12.2. The van der Waals surface area contributed by atoms with E-state index in [1.165, 1.54) is 0 Å². The van der Waals surface area contributed by atoms with E-state index in [0.29, 0.717) is 0 Å². The summed E-state index contributed by atoms with van der Waals surface area (Å²) in [6, 6.07) is 11.5. The first-order valence-electron chi connectivity index (χ1n) is 5.22. The highest BCUT2D eigenvalue weighted by molar-refractivity contribution is 14.1. The highest BCUT2D eigenvalue weighted by Crippen LogP contribution is 2.26. The Labute approximate surface area is 114 Å².